The maximum absolute atomic E-state index is 12.1. The second-order valence-corrected chi connectivity index (χ2v) is 6.09. The zero-order valence-electron chi connectivity index (χ0n) is 11.0. The average molecular weight is 305 g/mol. The van der Waals surface area contributed by atoms with Crippen LogP contribution in [0.4, 0.5) is 0 Å². The molecule has 112 valence electrons. The summed E-state index contributed by atoms with van der Waals surface area (Å²) in [6.07, 6.45) is 0. The van der Waals surface area contributed by atoms with Crippen LogP contribution in [0.15, 0.2) is 21.6 Å². The van der Waals surface area contributed by atoms with Gasteiger partial charge in [-0.3, -0.25) is 4.79 Å². The van der Waals surface area contributed by atoms with Gasteiger partial charge in [-0.25, -0.2) is 13.2 Å². The molecule has 20 heavy (non-hydrogen) atoms. The molecule has 0 saturated carbocycles. The van der Waals surface area contributed by atoms with Gasteiger partial charge in [-0.1, -0.05) is 0 Å². The summed E-state index contributed by atoms with van der Waals surface area (Å²) in [7, 11) is -2.62. The van der Waals surface area contributed by atoms with Crippen LogP contribution >= 0.6 is 0 Å². The van der Waals surface area contributed by atoms with E-state index in [1.165, 1.54) is 14.0 Å². The van der Waals surface area contributed by atoms with Gasteiger partial charge in [0.05, 0.1) is 6.61 Å². The number of carbonyl (C=O) groups excluding carboxylic acids is 1. The highest BCUT2D eigenvalue weighted by Crippen LogP contribution is 2.19. The van der Waals surface area contributed by atoms with Gasteiger partial charge in [-0.15, -0.1) is 0 Å². The van der Waals surface area contributed by atoms with Crippen molar-refractivity contribution in [2.24, 2.45) is 0 Å². The summed E-state index contributed by atoms with van der Waals surface area (Å²) in [4.78, 5) is 22.3. The molecule has 9 heteroatoms. The van der Waals surface area contributed by atoms with Crippen LogP contribution in [0.25, 0.3) is 0 Å². The molecule has 1 aromatic heterocycles. The first kappa shape index (κ1) is 16.2. The van der Waals surface area contributed by atoms with Crippen LogP contribution < -0.4 is 5.32 Å². The van der Waals surface area contributed by atoms with E-state index in [1.54, 1.807) is 0 Å². The number of furan rings is 1. The SMILES string of the molecule is COCCNC(=O)C(C)S(=O)(=O)c1ccc(C(=O)O)o1. The number of ether oxygens (including phenoxy) is 1. The van der Waals surface area contributed by atoms with Crippen molar-refractivity contribution in [3.63, 3.8) is 0 Å². The minimum Gasteiger partial charge on any atom is -0.475 e. The fourth-order valence-electron chi connectivity index (χ4n) is 1.32. The molecular weight excluding hydrogens is 290 g/mol. The van der Waals surface area contributed by atoms with E-state index in [4.69, 9.17) is 14.3 Å². The van der Waals surface area contributed by atoms with Gasteiger partial charge in [0, 0.05) is 13.7 Å². The maximum Gasteiger partial charge on any atom is 0.371 e. The molecule has 0 bridgehead atoms. The Kier molecular flexibility index (Phi) is 5.28. The molecule has 0 aromatic carbocycles. The molecule has 1 rings (SSSR count). The molecular formula is C11H15NO7S. The number of carboxylic acid groups (broad SMARTS) is 1. The molecule has 1 aromatic rings. The molecule has 0 saturated heterocycles. The van der Waals surface area contributed by atoms with Gasteiger partial charge in [0.2, 0.25) is 26.6 Å². The second-order valence-electron chi connectivity index (χ2n) is 3.89. The maximum atomic E-state index is 12.1. The van der Waals surface area contributed by atoms with Crippen LogP contribution in [0.1, 0.15) is 17.5 Å². The summed E-state index contributed by atoms with van der Waals surface area (Å²) < 4.78 is 33.6. The molecule has 0 aliphatic rings. The number of aromatic carboxylic acids is 1. The number of amides is 1. The molecule has 1 unspecified atom stereocenters. The fourth-order valence-corrected chi connectivity index (χ4v) is 2.50. The molecule has 0 aliphatic carbocycles. The van der Waals surface area contributed by atoms with Crippen molar-refractivity contribution in [3.8, 4) is 0 Å². The van der Waals surface area contributed by atoms with Crippen LogP contribution in [-0.2, 0) is 19.4 Å². The van der Waals surface area contributed by atoms with Crippen LogP contribution in [0.5, 0.6) is 0 Å². The predicted octanol–water partition coefficient (Wildman–Crippen LogP) is -0.0974. The van der Waals surface area contributed by atoms with E-state index in [-0.39, 0.29) is 13.2 Å². The predicted molar refractivity (Wildman–Crippen MR) is 67.2 cm³/mol. The number of methoxy groups -OCH3 is 1. The third-order valence-corrected chi connectivity index (χ3v) is 4.44. The van der Waals surface area contributed by atoms with E-state index in [9.17, 15) is 18.0 Å². The molecule has 0 aliphatic heterocycles. The largest absolute Gasteiger partial charge is 0.475 e. The van der Waals surface area contributed by atoms with Crippen molar-refractivity contribution in [2.45, 2.75) is 17.3 Å². The second kappa shape index (κ2) is 6.53. The number of sulfone groups is 1. The van der Waals surface area contributed by atoms with Crippen molar-refractivity contribution in [3.05, 3.63) is 17.9 Å². The first-order valence-electron chi connectivity index (χ1n) is 5.64. The lowest BCUT2D eigenvalue weighted by atomic mass is 10.4. The van der Waals surface area contributed by atoms with Gasteiger partial charge in [-0.2, -0.15) is 0 Å². The van der Waals surface area contributed by atoms with E-state index >= 15 is 0 Å². The van der Waals surface area contributed by atoms with Crippen LogP contribution in [0.2, 0.25) is 0 Å². The molecule has 0 spiro atoms. The quantitative estimate of drug-likeness (QED) is 0.674. The molecule has 0 radical (unpaired) electrons. The summed E-state index contributed by atoms with van der Waals surface area (Å²) >= 11 is 0. The van der Waals surface area contributed by atoms with Crippen molar-refractivity contribution in [2.75, 3.05) is 20.3 Å². The third-order valence-electron chi connectivity index (χ3n) is 2.51. The normalized spacial score (nSPS) is 12.9. The Morgan fingerprint density at radius 1 is 1.45 bits per heavy atom. The molecule has 1 atom stereocenters. The Balaban J connectivity index is 2.86. The van der Waals surface area contributed by atoms with E-state index < -0.39 is 37.8 Å². The number of rotatable bonds is 7. The number of hydrogen-bond donors (Lipinski definition) is 2. The zero-order chi connectivity index (χ0) is 15.3. The molecule has 8 nitrogen and oxygen atoms in total. The highest BCUT2D eigenvalue weighted by atomic mass is 32.2. The highest BCUT2D eigenvalue weighted by molar-refractivity contribution is 7.92. The molecule has 0 fully saturated rings. The van der Waals surface area contributed by atoms with Gasteiger partial charge >= 0.3 is 5.97 Å². The number of hydrogen-bond acceptors (Lipinski definition) is 6. The number of carboxylic acids is 1. The Bertz CT molecular complexity index is 590. The van der Waals surface area contributed by atoms with Crippen molar-refractivity contribution in [1.82, 2.24) is 5.32 Å². The molecule has 1 amide bonds. The van der Waals surface area contributed by atoms with E-state index in [0.29, 0.717) is 0 Å². The molecule has 2 N–H and O–H groups in total. The number of carbonyl (C=O) groups is 2. The zero-order valence-corrected chi connectivity index (χ0v) is 11.8. The first-order chi connectivity index (χ1) is 9.30. The summed E-state index contributed by atoms with van der Waals surface area (Å²) in [6.45, 7) is 1.62. The Morgan fingerprint density at radius 3 is 2.60 bits per heavy atom. The minimum absolute atomic E-state index is 0.174. The van der Waals surface area contributed by atoms with E-state index in [0.717, 1.165) is 12.1 Å². The van der Waals surface area contributed by atoms with Crippen molar-refractivity contribution in [1.29, 1.82) is 0 Å². The van der Waals surface area contributed by atoms with Crippen LogP contribution in [0.3, 0.4) is 0 Å². The monoisotopic (exact) mass is 305 g/mol. The lowest BCUT2D eigenvalue weighted by Gasteiger charge is -2.11. The van der Waals surface area contributed by atoms with Gasteiger partial charge < -0.3 is 19.6 Å². The number of nitrogens with one attached hydrogen (secondary N) is 1. The van der Waals surface area contributed by atoms with Crippen molar-refractivity contribution < 1.29 is 32.3 Å². The van der Waals surface area contributed by atoms with Crippen LogP contribution in [-0.4, -0.2) is 50.9 Å². The minimum atomic E-state index is -4.07. The van der Waals surface area contributed by atoms with E-state index in [1.807, 2.05) is 0 Å². The highest BCUT2D eigenvalue weighted by Gasteiger charge is 2.32. The lowest BCUT2D eigenvalue weighted by molar-refractivity contribution is -0.120. The first-order valence-corrected chi connectivity index (χ1v) is 7.19. The Hall–Kier alpha value is -1.87. The van der Waals surface area contributed by atoms with Crippen molar-refractivity contribution >= 4 is 21.7 Å². The Labute approximate surface area is 115 Å². The standard InChI is InChI=1S/C11H15NO7S/c1-7(10(13)12-5-6-18-2)20(16,17)9-4-3-8(19-9)11(14)15/h3-4,7H,5-6H2,1-2H3,(H,12,13)(H,14,15). The average Bonchev–Trinajstić information content (AvgIpc) is 2.88. The van der Waals surface area contributed by atoms with Gasteiger partial charge in [-0.05, 0) is 19.1 Å². The summed E-state index contributed by atoms with van der Waals surface area (Å²) in [5.41, 5.74) is 0. The molecule has 1 heterocycles. The fraction of sp³-hybridized carbons (Fsp3) is 0.455. The topological polar surface area (TPSA) is 123 Å². The smallest absolute Gasteiger partial charge is 0.371 e. The van der Waals surface area contributed by atoms with Crippen LogP contribution in [0, 0.1) is 0 Å². The summed E-state index contributed by atoms with van der Waals surface area (Å²) in [6, 6.07) is 2.03. The summed E-state index contributed by atoms with van der Waals surface area (Å²) in [5.74, 6) is -2.60. The van der Waals surface area contributed by atoms with E-state index in [2.05, 4.69) is 5.32 Å². The Morgan fingerprint density at radius 2 is 2.10 bits per heavy atom. The van der Waals surface area contributed by atoms with Gasteiger partial charge in [0.15, 0.2) is 0 Å². The summed E-state index contributed by atoms with van der Waals surface area (Å²) in [5, 5.41) is 9.11. The van der Waals surface area contributed by atoms with Gasteiger partial charge in [0.1, 0.15) is 5.25 Å². The van der Waals surface area contributed by atoms with Gasteiger partial charge in [0.25, 0.3) is 0 Å². The third kappa shape index (κ3) is 3.58. The lowest BCUT2D eigenvalue weighted by Crippen LogP contribution is -2.39.